The van der Waals surface area contributed by atoms with Crippen molar-refractivity contribution in [2.24, 2.45) is 5.92 Å². The van der Waals surface area contributed by atoms with Crippen LogP contribution in [0.5, 0.6) is 0 Å². The molecule has 0 aromatic carbocycles. The van der Waals surface area contributed by atoms with E-state index in [0.717, 1.165) is 37.4 Å². The molecule has 1 heterocycles. The number of hydrogen-bond acceptors (Lipinski definition) is 4. The van der Waals surface area contributed by atoms with Crippen LogP contribution in [0.4, 0.5) is 5.95 Å². The second kappa shape index (κ2) is 7.22. The topological polar surface area (TPSA) is 47.0 Å². The Balaban J connectivity index is 2.16. The SMILES string of the molecule is Cc1cnc(NCCCOCC(C)C)nc1C. The first-order chi connectivity index (χ1) is 8.09. The molecule has 0 bridgehead atoms. The molecule has 0 unspecified atom stereocenters. The van der Waals surface area contributed by atoms with Crippen LogP contribution in [0.25, 0.3) is 0 Å². The number of nitrogens with one attached hydrogen (secondary N) is 1. The lowest BCUT2D eigenvalue weighted by Gasteiger charge is -2.08. The van der Waals surface area contributed by atoms with Gasteiger partial charge in [0.1, 0.15) is 0 Å². The number of aromatic nitrogens is 2. The molecule has 0 saturated carbocycles. The first-order valence-corrected chi connectivity index (χ1v) is 6.21. The van der Waals surface area contributed by atoms with Gasteiger partial charge in [-0.05, 0) is 31.7 Å². The van der Waals surface area contributed by atoms with Gasteiger partial charge >= 0.3 is 0 Å². The molecule has 0 amide bonds. The van der Waals surface area contributed by atoms with Crippen molar-refractivity contribution < 1.29 is 4.74 Å². The molecule has 0 aliphatic carbocycles. The summed E-state index contributed by atoms with van der Waals surface area (Å²) in [6.45, 7) is 10.8. The van der Waals surface area contributed by atoms with Gasteiger partial charge in [-0.3, -0.25) is 0 Å². The minimum absolute atomic E-state index is 0.603. The molecule has 0 radical (unpaired) electrons. The van der Waals surface area contributed by atoms with E-state index < -0.39 is 0 Å². The molecule has 0 spiro atoms. The molecule has 0 atom stereocenters. The Kier molecular flexibility index (Phi) is 5.91. The van der Waals surface area contributed by atoms with E-state index in [1.54, 1.807) is 0 Å². The van der Waals surface area contributed by atoms with Gasteiger partial charge in [-0.15, -0.1) is 0 Å². The van der Waals surface area contributed by atoms with Gasteiger partial charge in [-0.1, -0.05) is 13.8 Å². The van der Waals surface area contributed by atoms with E-state index in [1.807, 2.05) is 20.0 Å². The van der Waals surface area contributed by atoms with Gasteiger partial charge in [0.2, 0.25) is 5.95 Å². The van der Waals surface area contributed by atoms with E-state index in [1.165, 1.54) is 0 Å². The first kappa shape index (κ1) is 13.9. The summed E-state index contributed by atoms with van der Waals surface area (Å²) in [5.74, 6) is 1.31. The maximum atomic E-state index is 5.50. The molecular formula is C13H23N3O. The Hall–Kier alpha value is -1.16. The summed E-state index contributed by atoms with van der Waals surface area (Å²) in [4.78, 5) is 8.58. The average molecular weight is 237 g/mol. The van der Waals surface area contributed by atoms with Gasteiger partial charge in [-0.25, -0.2) is 9.97 Å². The lowest BCUT2D eigenvalue weighted by molar-refractivity contribution is 0.110. The van der Waals surface area contributed by atoms with Crippen molar-refractivity contribution in [3.8, 4) is 0 Å². The number of ether oxygens (including phenoxy) is 1. The fraction of sp³-hybridized carbons (Fsp3) is 0.692. The summed E-state index contributed by atoms with van der Waals surface area (Å²) >= 11 is 0. The Morgan fingerprint density at radius 1 is 1.35 bits per heavy atom. The Labute approximate surface area is 104 Å². The second-order valence-electron chi connectivity index (χ2n) is 4.71. The molecule has 0 aliphatic rings. The van der Waals surface area contributed by atoms with Gasteiger partial charge in [0, 0.05) is 31.6 Å². The predicted octanol–water partition coefficient (Wildman–Crippen LogP) is 2.57. The molecule has 1 rings (SSSR count). The van der Waals surface area contributed by atoms with Crippen LogP contribution >= 0.6 is 0 Å². The van der Waals surface area contributed by atoms with Crippen LogP contribution < -0.4 is 5.32 Å². The Bertz CT molecular complexity index is 339. The number of aryl methyl sites for hydroxylation is 2. The third-order valence-electron chi connectivity index (χ3n) is 2.42. The highest BCUT2D eigenvalue weighted by Gasteiger charge is 1.99. The summed E-state index contributed by atoms with van der Waals surface area (Å²) < 4.78 is 5.50. The Morgan fingerprint density at radius 2 is 2.12 bits per heavy atom. The number of rotatable bonds is 7. The van der Waals surface area contributed by atoms with E-state index in [-0.39, 0.29) is 0 Å². The van der Waals surface area contributed by atoms with Crippen LogP contribution in [0, 0.1) is 19.8 Å². The Morgan fingerprint density at radius 3 is 2.76 bits per heavy atom. The summed E-state index contributed by atoms with van der Waals surface area (Å²) in [6.07, 6.45) is 2.82. The lowest BCUT2D eigenvalue weighted by atomic mass is 10.2. The summed E-state index contributed by atoms with van der Waals surface area (Å²) in [5.41, 5.74) is 2.15. The van der Waals surface area contributed by atoms with Crippen LogP contribution in [0.2, 0.25) is 0 Å². The molecule has 1 aromatic rings. The summed E-state index contributed by atoms with van der Waals surface area (Å²) in [6, 6.07) is 0. The minimum atomic E-state index is 0.603. The quantitative estimate of drug-likeness (QED) is 0.740. The fourth-order valence-electron chi connectivity index (χ4n) is 1.31. The summed E-state index contributed by atoms with van der Waals surface area (Å²) in [7, 11) is 0. The van der Waals surface area contributed by atoms with Crippen molar-refractivity contribution in [1.29, 1.82) is 0 Å². The molecule has 17 heavy (non-hydrogen) atoms. The van der Waals surface area contributed by atoms with Crippen LogP contribution in [-0.2, 0) is 4.74 Å². The maximum Gasteiger partial charge on any atom is 0.222 e. The third-order valence-corrected chi connectivity index (χ3v) is 2.42. The molecule has 4 nitrogen and oxygen atoms in total. The van der Waals surface area contributed by atoms with Crippen molar-refractivity contribution in [1.82, 2.24) is 9.97 Å². The van der Waals surface area contributed by atoms with Crippen molar-refractivity contribution >= 4 is 5.95 Å². The molecule has 1 aromatic heterocycles. The molecule has 0 saturated heterocycles. The van der Waals surface area contributed by atoms with E-state index in [4.69, 9.17) is 4.74 Å². The van der Waals surface area contributed by atoms with Crippen molar-refractivity contribution in [3.05, 3.63) is 17.5 Å². The van der Waals surface area contributed by atoms with Crippen molar-refractivity contribution in [2.75, 3.05) is 25.1 Å². The molecule has 96 valence electrons. The third kappa shape index (κ3) is 5.63. The van der Waals surface area contributed by atoms with Gasteiger partial charge in [0.15, 0.2) is 0 Å². The van der Waals surface area contributed by atoms with Crippen LogP contribution in [0.1, 0.15) is 31.5 Å². The highest BCUT2D eigenvalue weighted by Crippen LogP contribution is 2.04. The van der Waals surface area contributed by atoms with E-state index in [2.05, 4.69) is 29.1 Å². The van der Waals surface area contributed by atoms with E-state index >= 15 is 0 Å². The standard InChI is InChI=1S/C13H23N3O/c1-10(2)9-17-7-5-6-14-13-15-8-11(3)12(4)16-13/h8,10H,5-7,9H2,1-4H3,(H,14,15,16). The van der Waals surface area contributed by atoms with Gasteiger partial charge in [0.25, 0.3) is 0 Å². The number of hydrogen-bond donors (Lipinski definition) is 1. The molecule has 0 aliphatic heterocycles. The highest BCUT2D eigenvalue weighted by atomic mass is 16.5. The molecular weight excluding hydrogens is 214 g/mol. The van der Waals surface area contributed by atoms with E-state index in [0.29, 0.717) is 11.9 Å². The molecule has 1 N–H and O–H groups in total. The maximum absolute atomic E-state index is 5.50. The zero-order valence-corrected chi connectivity index (χ0v) is 11.3. The average Bonchev–Trinajstić information content (AvgIpc) is 2.27. The zero-order chi connectivity index (χ0) is 12.7. The minimum Gasteiger partial charge on any atom is -0.381 e. The van der Waals surface area contributed by atoms with Crippen LogP contribution in [-0.4, -0.2) is 29.7 Å². The van der Waals surface area contributed by atoms with Gasteiger partial charge in [0.05, 0.1) is 0 Å². The fourth-order valence-corrected chi connectivity index (χ4v) is 1.31. The number of nitrogens with zero attached hydrogens (tertiary/aromatic N) is 2. The normalized spacial score (nSPS) is 10.9. The van der Waals surface area contributed by atoms with Crippen molar-refractivity contribution in [3.63, 3.8) is 0 Å². The predicted molar refractivity (Wildman–Crippen MR) is 70.3 cm³/mol. The highest BCUT2D eigenvalue weighted by molar-refractivity contribution is 5.28. The first-order valence-electron chi connectivity index (χ1n) is 6.21. The summed E-state index contributed by atoms with van der Waals surface area (Å²) in [5, 5.41) is 3.20. The van der Waals surface area contributed by atoms with Crippen LogP contribution in [0.3, 0.4) is 0 Å². The van der Waals surface area contributed by atoms with Crippen LogP contribution in [0.15, 0.2) is 6.20 Å². The molecule has 0 fully saturated rings. The smallest absolute Gasteiger partial charge is 0.222 e. The monoisotopic (exact) mass is 237 g/mol. The van der Waals surface area contributed by atoms with Crippen molar-refractivity contribution in [2.45, 2.75) is 34.1 Å². The molecule has 4 heteroatoms. The largest absolute Gasteiger partial charge is 0.381 e. The lowest BCUT2D eigenvalue weighted by Crippen LogP contribution is -2.10. The van der Waals surface area contributed by atoms with Gasteiger partial charge < -0.3 is 10.1 Å². The zero-order valence-electron chi connectivity index (χ0n) is 11.3. The second-order valence-corrected chi connectivity index (χ2v) is 4.71. The van der Waals surface area contributed by atoms with Gasteiger partial charge in [-0.2, -0.15) is 0 Å². The van der Waals surface area contributed by atoms with E-state index in [9.17, 15) is 0 Å². The number of anilines is 1.